The maximum atomic E-state index is 12.7. The van der Waals surface area contributed by atoms with Crippen LogP contribution in [-0.2, 0) is 6.54 Å². The molecule has 2 aromatic heterocycles. The van der Waals surface area contributed by atoms with Crippen molar-refractivity contribution in [3.05, 3.63) is 65.5 Å². The van der Waals surface area contributed by atoms with Crippen LogP contribution in [0.5, 0.6) is 5.75 Å². The van der Waals surface area contributed by atoms with Crippen LogP contribution in [0.25, 0.3) is 0 Å². The lowest BCUT2D eigenvalue weighted by Gasteiger charge is -2.31. The number of aromatic nitrogens is 4. The second-order valence-corrected chi connectivity index (χ2v) is 8.03. The van der Waals surface area contributed by atoms with Gasteiger partial charge in [-0.25, -0.2) is 9.97 Å². The second-order valence-electron chi connectivity index (χ2n) is 8.03. The molecule has 1 aliphatic rings. The average Bonchev–Trinajstić information content (AvgIpc) is 3.33. The number of benzene rings is 1. The molecule has 0 spiro atoms. The number of methoxy groups -OCH3 is 1. The van der Waals surface area contributed by atoms with E-state index in [1.165, 1.54) is 0 Å². The van der Waals surface area contributed by atoms with E-state index >= 15 is 0 Å². The molecule has 3 heterocycles. The summed E-state index contributed by atoms with van der Waals surface area (Å²) in [5.74, 6) is 1.30. The number of ether oxygens (including phenoxy) is 1. The van der Waals surface area contributed by atoms with Crippen LogP contribution in [0.2, 0.25) is 0 Å². The van der Waals surface area contributed by atoms with Gasteiger partial charge >= 0.3 is 0 Å². The first-order valence-corrected chi connectivity index (χ1v) is 11.1. The molecule has 0 radical (unpaired) electrons. The van der Waals surface area contributed by atoms with Gasteiger partial charge in [-0.05, 0) is 57.0 Å². The van der Waals surface area contributed by atoms with Gasteiger partial charge in [0.2, 0.25) is 0 Å². The zero-order valence-electron chi connectivity index (χ0n) is 19.1. The smallest absolute Gasteiger partial charge is 0.274 e. The highest BCUT2D eigenvalue weighted by atomic mass is 16.5. The summed E-state index contributed by atoms with van der Waals surface area (Å²) in [7, 11) is 1.60. The highest BCUT2D eigenvalue weighted by Gasteiger charge is 2.27. The maximum Gasteiger partial charge on any atom is 0.274 e. The van der Waals surface area contributed by atoms with Gasteiger partial charge in [-0.3, -0.25) is 14.3 Å². The Hall–Kier alpha value is -3.75. The fourth-order valence-corrected chi connectivity index (χ4v) is 3.93. The lowest BCUT2D eigenvalue weighted by Crippen LogP contribution is -2.38. The monoisotopic (exact) mass is 448 g/mol. The van der Waals surface area contributed by atoms with Crippen LogP contribution in [-0.4, -0.2) is 56.7 Å². The SMILES string of the molecule is CCn1ccc(C(=O)N2CCC(c3ncc(C(=O)Nc4ccc(OC)cc4)c(C)n3)CC2)n1. The summed E-state index contributed by atoms with van der Waals surface area (Å²) in [6.07, 6.45) is 4.96. The van der Waals surface area contributed by atoms with Gasteiger partial charge in [-0.1, -0.05) is 0 Å². The van der Waals surface area contributed by atoms with E-state index in [1.54, 1.807) is 48.3 Å². The Labute approximate surface area is 192 Å². The highest BCUT2D eigenvalue weighted by Crippen LogP contribution is 2.27. The molecule has 1 N–H and O–H groups in total. The Morgan fingerprint density at radius 1 is 1.15 bits per heavy atom. The minimum atomic E-state index is -0.254. The molecule has 3 aromatic rings. The third kappa shape index (κ3) is 5.02. The fourth-order valence-electron chi connectivity index (χ4n) is 3.93. The maximum absolute atomic E-state index is 12.7. The van der Waals surface area contributed by atoms with E-state index in [0.29, 0.717) is 35.7 Å². The second kappa shape index (κ2) is 9.81. The molecule has 0 aliphatic carbocycles. The number of hydrogen-bond donors (Lipinski definition) is 1. The van der Waals surface area contributed by atoms with E-state index in [0.717, 1.165) is 31.0 Å². The number of aryl methyl sites for hydroxylation is 2. The summed E-state index contributed by atoms with van der Waals surface area (Å²) in [6, 6.07) is 8.90. The van der Waals surface area contributed by atoms with Gasteiger partial charge in [0.05, 0.1) is 18.4 Å². The number of rotatable bonds is 6. The van der Waals surface area contributed by atoms with Crippen molar-refractivity contribution < 1.29 is 14.3 Å². The Kier molecular flexibility index (Phi) is 6.67. The summed E-state index contributed by atoms with van der Waals surface area (Å²) in [6.45, 7) is 5.80. The molecular formula is C24H28N6O3. The molecule has 4 rings (SSSR count). The molecule has 2 amide bonds. The van der Waals surface area contributed by atoms with Crippen molar-refractivity contribution in [1.82, 2.24) is 24.6 Å². The largest absolute Gasteiger partial charge is 0.497 e. The number of hydrogen-bond acceptors (Lipinski definition) is 6. The van der Waals surface area contributed by atoms with E-state index in [9.17, 15) is 9.59 Å². The molecule has 172 valence electrons. The Morgan fingerprint density at radius 2 is 1.88 bits per heavy atom. The summed E-state index contributed by atoms with van der Waals surface area (Å²) in [4.78, 5) is 36.3. The van der Waals surface area contributed by atoms with E-state index in [1.807, 2.05) is 24.9 Å². The molecule has 1 aliphatic heterocycles. The van der Waals surface area contributed by atoms with Crippen LogP contribution in [0.3, 0.4) is 0 Å². The van der Waals surface area contributed by atoms with Crippen molar-refractivity contribution in [2.75, 3.05) is 25.5 Å². The number of likely N-dealkylation sites (tertiary alicyclic amines) is 1. The van der Waals surface area contributed by atoms with Crippen LogP contribution in [0.1, 0.15) is 58.0 Å². The van der Waals surface area contributed by atoms with E-state index in [2.05, 4.69) is 20.4 Å². The lowest BCUT2D eigenvalue weighted by atomic mass is 9.95. The Morgan fingerprint density at radius 3 is 2.48 bits per heavy atom. The topological polar surface area (TPSA) is 102 Å². The van der Waals surface area contributed by atoms with Gasteiger partial charge < -0.3 is 15.0 Å². The lowest BCUT2D eigenvalue weighted by molar-refractivity contribution is 0.0703. The van der Waals surface area contributed by atoms with E-state index < -0.39 is 0 Å². The normalized spacial score (nSPS) is 14.2. The predicted octanol–water partition coefficient (Wildman–Crippen LogP) is 3.28. The van der Waals surface area contributed by atoms with Gasteiger partial charge in [-0.15, -0.1) is 0 Å². The van der Waals surface area contributed by atoms with Crippen molar-refractivity contribution in [3.63, 3.8) is 0 Å². The van der Waals surface area contributed by atoms with Crippen LogP contribution in [0.15, 0.2) is 42.7 Å². The third-order valence-corrected chi connectivity index (χ3v) is 5.92. The summed E-state index contributed by atoms with van der Waals surface area (Å²) < 4.78 is 6.89. The number of nitrogens with one attached hydrogen (secondary N) is 1. The van der Waals surface area contributed by atoms with Gasteiger partial charge in [0.15, 0.2) is 0 Å². The van der Waals surface area contributed by atoms with Crippen molar-refractivity contribution in [2.24, 2.45) is 0 Å². The van der Waals surface area contributed by atoms with Gasteiger partial charge in [0.25, 0.3) is 11.8 Å². The van der Waals surface area contributed by atoms with E-state index in [-0.39, 0.29) is 17.7 Å². The van der Waals surface area contributed by atoms with Crippen molar-refractivity contribution in [1.29, 1.82) is 0 Å². The first kappa shape index (κ1) is 22.4. The quantitative estimate of drug-likeness (QED) is 0.621. The highest BCUT2D eigenvalue weighted by molar-refractivity contribution is 6.04. The summed E-state index contributed by atoms with van der Waals surface area (Å²) in [5.41, 5.74) is 2.23. The molecule has 0 unspecified atom stereocenters. The molecule has 1 aromatic carbocycles. The van der Waals surface area contributed by atoms with Gasteiger partial charge in [0, 0.05) is 43.6 Å². The molecule has 1 fully saturated rings. The fraction of sp³-hybridized carbons (Fsp3) is 0.375. The molecule has 0 atom stereocenters. The average molecular weight is 449 g/mol. The number of nitrogens with zero attached hydrogens (tertiary/aromatic N) is 5. The Bertz CT molecular complexity index is 1130. The molecule has 9 heteroatoms. The van der Waals surface area contributed by atoms with Gasteiger partial charge in [-0.2, -0.15) is 5.10 Å². The number of piperidine rings is 1. The molecular weight excluding hydrogens is 420 g/mol. The standard InChI is InChI=1S/C24H28N6O3/c1-4-30-14-11-21(28-30)24(32)29-12-9-17(10-13-29)22-25-15-20(16(2)26-22)23(31)27-18-5-7-19(33-3)8-6-18/h5-8,11,14-15,17H,4,9-10,12-13H2,1-3H3,(H,27,31). The first-order valence-electron chi connectivity index (χ1n) is 11.1. The summed E-state index contributed by atoms with van der Waals surface area (Å²) in [5, 5.41) is 7.18. The molecule has 9 nitrogen and oxygen atoms in total. The third-order valence-electron chi connectivity index (χ3n) is 5.92. The predicted molar refractivity (Wildman–Crippen MR) is 123 cm³/mol. The van der Waals surface area contributed by atoms with Crippen LogP contribution < -0.4 is 10.1 Å². The van der Waals surface area contributed by atoms with E-state index in [4.69, 9.17) is 4.74 Å². The van der Waals surface area contributed by atoms with Crippen molar-refractivity contribution >= 4 is 17.5 Å². The van der Waals surface area contributed by atoms with Crippen LogP contribution in [0, 0.1) is 6.92 Å². The number of amides is 2. The first-order chi connectivity index (χ1) is 16.0. The van der Waals surface area contributed by atoms with Crippen LogP contribution >= 0.6 is 0 Å². The molecule has 0 bridgehead atoms. The van der Waals surface area contributed by atoms with Crippen molar-refractivity contribution in [3.8, 4) is 5.75 Å². The molecule has 33 heavy (non-hydrogen) atoms. The van der Waals surface area contributed by atoms with Gasteiger partial charge in [0.1, 0.15) is 17.3 Å². The number of anilines is 1. The summed E-state index contributed by atoms with van der Waals surface area (Å²) >= 11 is 0. The number of carbonyl (C=O) groups is 2. The Balaban J connectivity index is 1.37. The van der Waals surface area contributed by atoms with Crippen molar-refractivity contribution in [2.45, 2.75) is 39.2 Å². The zero-order chi connectivity index (χ0) is 23.4. The minimum absolute atomic E-state index is 0.0386. The molecule has 0 saturated carbocycles. The minimum Gasteiger partial charge on any atom is -0.497 e. The molecule has 1 saturated heterocycles. The zero-order valence-corrected chi connectivity index (χ0v) is 19.1. The van der Waals surface area contributed by atoms with Crippen LogP contribution in [0.4, 0.5) is 5.69 Å². The number of carbonyl (C=O) groups excluding carboxylic acids is 2.